The highest BCUT2D eigenvalue weighted by Gasteiger charge is 2.50. The van der Waals surface area contributed by atoms with Crippen molar-refractivity contribution in [3.8, 4) is 0 Å². The predicted octanol–water partition coefficient (Wildman–Crippen LogP) is 2.86. The molecule has 1 aliphatic carbocycles. The first-order valence-corrected chi connectivity index (χ1v) is 7.67. The Morgan fingerprint density at radius 1 is 1.35 bits per heavy atom. The highest BCUT2D eigenvalue weighted by Crippen LogP contribution is 2.45. The van der Waals surface area contributed by atoms with Gasteiger partial charge in [0.05, 0.1) is 12.7 Å². The van der Waals surface area contributed by atoms with E-state index in [1.807, 2.05) is 12.1 Å². The zero-order chi connectivity index (χ0) is 14.6. The maximum atomic E-state index is 9.17. The van der Waals surface area contributed by atoms with Gasteiger partial charge in [-0.1, -0.05) is 38.1 Å². The van der Waals surface area contributed by atoms with Crippen LogP contribution < -0.4 is 5.32 Å². The lowest BCUT2D eigenvalue weighted by atomic mass is 9.61. The molecule has 0 amide bonds. The molecular formula is C17H27NO2. The Bertz CT molecular complexity index is 435. The van der Waals surface area contributed by atoms with Crippen LogP contribution in [-0.4, -0.2) is 23.9 Å². The number of hydrogen-bond donors (Lipinski definition) is 2. The zero-order valence-corrected chi connectivity index (χ0v) is 12.9. The van der Waals surface area contributed by atoms with E-state index in [4.69, 9.17) is 4.74 Å². The second-order valence-corrected chi connectivity index (χ2v) is 5.95. The fourth-order valence-electron chi connectivity index (χ4n) is 3.15. The molecular weight excluding hydrogens is 250 g/mol. The number of nitrogens with one attached hydrogen (secondary N) is 1. The summed E-state index contributed by atoms with van der Waals surface area (Å²) in [6, 6.07) is 8.64. The van der Waals surface area contributed by atoms with E-state index >= 15 is 0 Å². The largest absolute Gasteiger partial charge is 0.392 e. The van der Waals surface area contributed by atoms with Crippen molar-refractivity contribution in [3.05, 3.63) is 35.4 Å². The number of aliphatic hydroxyl groups is 1. The first-order chi connectivity index (χ1) is 9.63. The van der Waals surface area contributed by atoms with Crippen LogP contribution in [0.3, 0.4) is 0 Å². The molecule has 1 aromatic rings. The van der Waals surface area contributed by atoms with Crippen molar-refractivity contribution < 1.29 is 9.84 Å². The molecule has 3 heteroatoms. The number of ether oxygens (including phenoxy) is 1. The number of rotatable bonds is 7. The van der Waals surface area contributed by atoms with Crippen molar-refractivity contribution >= 4 is 0 Å². The van der Waals surface area contributed by atoms with E-state index in [9.17, 15) is 5.11 Å². The molecule has 3 unspecified atom stereocenters. The van der Waals surface area contributed by atoms with Gasteiger partial charge in [0.2, 0.25) is 0 Å². The van der Waals surface area contributed by atoms with Gasteiger partial charge >= 0.3 is 0 Å². The Kier molecular flexibility index (Phi) is 5.19. The molecule has 0 bridgehead atoms. The normalized spacial score (nSPS) is 29.2. The van der Waals surface area contributed by atoms with E-state index in [1.54, 1.807) is 0 Å². The van der Waals surface area contributed by atoms with Crippen molar-refractivity contribution in [2.75, 3.05) is 6.61 Å². The van der Waals surface area contributed by atoms with Crippen LogP contribution in [0.25, 0.3) is 0 Å². The van der Waals surface area contributed by atoms with Gasteiger partial charge in [-0.2, -0.15) is 0 Å². The molecule has 0 aliphatic heterocycles. The summed E-state index contributed by atoms with van der Waals surface area (Å²) in [5.74, 6) is 0. The number of aliphatic hydroxyl groups excluding tert-OH is 1. The molecule has 1 aromatic carbocycles. The minimum atomic E-state index is 0.107. The van der Waals surface area contributed by atoms with Gasteiger partial charge < -0.3 is 15.2 Å². The smallest absolute Gasteiger partial charge is 0.0681 e. The van der Waals surface area contributed by atoms with Crippen LogP contribution in [0.4, 0.5) is 0 Å². The Hall–Kier alpha value is -0.900. The molecule has 3 nitrogen and oxygen atoms in total. The van der Waals surface area contributed by atoms with Crippen LogP contribution in [0.2, 0.25) is 0 Å². The van der Waals surface area contributed by atoms with E-state index in [-0.39, 0.29) is 12.0 Å². The van der Waals surface area contributed by atoms with Crippen molar-refractivity contribution in [1.82, 2.24) is 5.32 Å². The molecule has 20 heavy (non-hydrogen) atoms. The average Bonchev–Trinajstić information content (AvgIpc) is 2.49. The molecule has 112 valence electrons. The number of benzene rings is 1. The second kappa shape index (κ2) is 6.70. The molecule has 1 saturated carbocycles. The highest BCUT2D eigenvalue weighted by atomic mass is 16.5. The van der Waals surface area contributed by atoms with Gasteiger partial charge in [0.15, 0.2) is 0 Å². The summed E-state index contributed by atoms with van der Waals surface area (Å²) >= 11 is 0. The van der Waals surface area contributed by atoms with E-state index in [0.29, 0.717) is 12.1 Å². The molecule has 1 aliphatic rings. The van der Waals surface area contributed by atoms with E-state index in [2.05, 4.69) is 38.2 Å². The van der Waals surface area contributed by atoms with Crippen LogP contribution in [0.5, 0.6) is 0 Å². The summed E-state index contributed by atoms with van der Waals surface area (Å²) in [7, 11) is 0. The third kappa shape index (κ3) is 3.05. The minimum absolute atomic E-state index is 0.107. The lowest BCUT2D eigenvalue weighted by Gasteiger charge is -2.53. The van der Waals surface area contributed by atoms with Crippen LogP contribution >= 0.6 is 0 Å². The Morgan fingerprint density at radius 2 is 2.10 bits per heavy atom. The van der Waals surface area contributed by atoms with Gasteiger partial charge in [-0.3, -0.25) is 0 Å². The molecule has 1 fully saturated rings. The highest BCUT2D eigenvalue weighted by molar-refractivity contribution is 5.23. The summed E-state index contributed by atoms with van der Waals surface area (Å²) in [5, 5.41) is 12.8. The molecule has 3 atom stereocenters. The summed E-state index contributed by atoms with van der Waals surface area (Å²) in [6.07, 6.45) is 2.61. The average molecular weight is 277 g/mol. The minimum Gasteiger partial charge on any atom is -0.392 e. The third-order valence-corrected chi connectivity index (χ3v) is 4.84. The predicted molar refractivity (Wildman–Crippen MR) is 81.4 cm³/mol. The number of hydrogen-bond acceptors (Lipinski definition) is 3. The van der Waals surface area contributed by atoms with Gasteiger partial charge in [0.25, 0.3) is 0 Å². The quantitative estimate of drug-likeness (QED) is 0.805. The SMILES string of the molecule is CCOC1CC(NCc2cccc(CO)c2)C1(C)CC. The lowest BCUT2D eigenvalue weighted by Crippen LogP contribution is -2.61. The van der Waals surface area contributed by atoms with Gasteiger partial charge in [-0.15, -0.1) is 0 Å². The maximum absolute atomic E-state index is 9.17. The van der Waals surface area contributed by atoms with E-state index in [0.717, 1.165) is 31.6 Å². The summed E-state index contributed by atoms with van der Waals surface area (Å²) in [6.45, 7) is 8.39. The summed E-state index contributed by atoms with van der Waals surface area (Å²) in [4.78, 5) is 0. The molecule has 2 N–H and O–H groups in total. The molecule has 0 radical (unpaired) electrons. The fourth-order valence-corrected chi connectivity index (χ4v) is 3.15. The molecule has 0 spiro atoms. The van der Waals surface area contributed by atoms with Gasteiger partial charge in [-0.25, -0.2) is 0 Å². The Balaban J connectivity index is 1.91. The first-order valence-electron chi connectivity index (χ1n) is 7.67. The second-order valence-electron chi connectivity index (χ2n) is 5.95. The fraction of sp³-hybridized carbons (Fsp3) is 0.647. The van der Waals surface area contributed by atoms with Crippen molar-refractivity contribution in [3.63, 3.8) is 0 Å². The topological polar surface area (TPSA) is 41.5 Å². The molecule has 2 rings (SSSR count). The Labute approximate surface area is 122 Å². The van der Waals surface area contributed by atoms with Crippen molar-refractivity contribution in [1.29, 1.82) is 0 Å². The van der Waals surface area contributed by atoms with Crippen LogP contribution in [0.1, 0.15) is 44.7 Å². The maximum Gasteiger partial charge on any atom is 0.0681 e. The Morgan fingerprint density at radius 3 is 2.75 bits per heavy atom. The standard InChI is InChI=1S/C17H27NO2/c1-4-17(3)15(10-16(17)20-5-2)18-11-13-7-6-8-14(9-13)12-19/h6-9,15-16,18-19H,4-5,10-12H2,1-3H3. The summed E-state index contributed by atoms with van der Waals surface area (Å²) < 4.78 is 5.83. The van der Waals surface area contributed by atoms with Crippen LogP contribution in [-0.2, 0) is 17.9 Å². The monoisotopic (exact) mass is 277 g/mol. The molecule has 0 saturated heterocycles. The van der Waals surface area contributed by atoms with Crippen LogP contribution in [0.15, 0.2) is 24.3 Å². The summed E-state index contributed by atoms with van der Waals surface area (Å²) in [5.41, 5.74) is 2.45. The van der Waals surface area contributed by atoms with Gasteiger partial charge in [0.1, 0.15) is 0 Å². The first kappa shape index (κ1) is 15.5. The van der Waals surface area contributed by atoms with Gasteiger partial charge in [0, 0.05) is 24.6 Å². The third-order valence-electron chi connectivity index (χ3n) is 4.84. The zero-order valence-electron chi connectivity index (χ0n) is 12.9. The molecule has 0 heterocycles. The van der Waals surface area contributed by atoms with Crippen molar-refractivity contribution in [2.45, 2.75) is 58.9 Å². The van der Waals surface area contributed by atoms with E-state index < -0.39 is 0 Å². The van der Waals surface area contributed by atoms with Gasteiger partial charge in [-0.05, 0) is 30.9 Å². The molecule has 0 aromatic heterocycles. The van der Waals surface area contributed by atoms with Crippen molar-refractivity contribution in [2.24, 2.45) is 5.41 Å². The van der Waals surface area contributed by atoms with Crippen LogP contribution in [0, 0.1) is 5.41 Å². The lowest BCUT2D eigenvalue weighted by molar-refractivity contribution is -0.126. The van der Waals surface area contributed by atoms with E-state index in [1.165, 1.54) is 5.56 Å².